The number of carbonyl (C=O) groups is 1. The van der Waals surface area contributed by atoms with Crippen LogP contribution in [-0.4, -0.2) is 35.1 Å². The van der Waals surface area contributed by atoms with Gasteiger partial charge in [0.2, 0.25) is 5.91 Å². The number of nitrogens with zero attached hydrogens (tertiary/aromatic N) is 1. The summed E-state index contributed by atoms with van der Waals surface area (Å²) in [5.74, 6) is 1.12. The first kappa shape index (κ1) is 16.8. The molecule has 2 aliphatic carbocycles. The van der Waals surface area contributed by atoms with E-state index in [1.165, 1.54) is 51.4 Å². The van der Waals surface area contributed by atoms with Gasteiger partial charge in [0.1, 0.15) is 0 Å². The molecule has 1 amide bonds. The highest BCUT2D eigenvalue weighted by molar-refractivity contribution is 5.79. The van der Waals surface area contributed by atoms with E-state index in [0.717, 1.165) is 19.3 Å². The lowest BCUT2D eigenvalue weighted by Crippen LogP contribution is -2.47. The minimum Gasteiger partial charge on any atom is -0.395 e. The van der Waals surface area contributed by atoms with Gasteiger partial charge < -0.3 is 10.0 Å². The van der Waals surface area contributed by atoms with E-state index in [1.807, 2.05) is 4.90 Å². The topological polar surface area (TPSA) is 40.5 Å². The standard InChI is InChI=1S/C18H33NO2/c1-2-17(15-9-5-3-6-10-15)18(21)19(13-14-20)16-11-7-4-8-12-16/h15-17,20H,2-14H2,1H3. The molecule has 0 bridgehead atoms. The zero-order valence-electron chi connectivity index (χ0n) is 13.7. The van der Waals surface area contributed by atoms with Crippen LogP contribution in [0.1, 0.15) is 77.6 Å². The van der Waals surface area contributed by atoms with Crippen LogP contribution >= 0.6 is 0 Å². The van der Waals surface area contributed by atoms with E-state index >= 15 is 0 Å². The van der Waals surface area contributed by atoms with Crippen molar-refractivity contribution in [1.29, 1.82) is 0 Å². The molecule has 0 aliphatic heterocycles. The summed E-state index contributed by atoms with van der Waals surface area (Å²) in [6.45, 7) is 2.80. The van der Waals surface area contributed by atoms with Gasteiger partial charge in [-0.05, 0) is 38.0 Å². The van der Waals surface area contributed by atoms with Gasteiger partial charge in [-0.3, -0.25) is 4.79 Å². The minimum absolute atomic E-state index is 0.101. The Morgan fingerprint density at radius 2 is 1.62 bits per heavy atom. The van der Waals surface area contributed by atoms with Crippen LogP contribution in [0.2, 0.25) is 0 Å². The van der Waals surface area contributed by atoms with E-state index < -0.39 is 0 Å². The fourth-order valence-electron chi connectivity index (χ4n) is 4.43. The highest BCUT2D eigenvalue weighted by atomic mass is 16.3. The molecule has 0 spiro atoms. The maximum Gasteiger partial charge on any atom is 0.226 e. The van der Waals surface area contributed by atoms with Crippen LogP contribution in [0.3, 0.4) is 0 Å². The van der Waals surface area contributed by atoms with Gasteiger partial charge in [-0.2, -0.15) is 0 Å². The molecule has 2 saturated carbocycles. The lowest BCUT2D eigenvalue weighted by molar-refractivity contribution is -0.141. The first-order chi connectivity index (χ1) is 10.3. The van der Waals surface area contributed by atoms with Gasteiger partial charge in [-0.15, -0.1) is 0 Å². The third kappa shape index (κ3) is 4.45. The highest BCUT2D eigenvalue weighted by Crippen LogP contribution is 2.34. The van der Waals surface area contributed by atoms with E-state index in [4.69, 9.17) is 0 Å². The van der Waals surface area contributed by atoms with Crippen LogP contribution in [0.25, 0.3) is 0 Å². The maximum atomic E-state index is 13.1. The van der Waals surface area contributed by atoms with Crippen molar-refractivity contribution >= 4 is 5.91 Å². The second-order valence-corrected chi connectivity index (χ2v) is 6.96. The fraction of sp³-hybridized carbons (Fsp3) is 0.944. The number of carbonyl (C=O) groups excluding carboxylic acids is 1. The molecule has 0 aromatic carbocycles. The number of hydrogen-bond donors (Lipinski definition) is 1. The molecular formula is C18H33NO2. The average Bonchev–Trinajstić information content (AvgIpc) is 2.55. The molecule has 0 radical (unpaired) electrons. The zero-order valence-corrected chi connectivity index (χ0v) is 13.7. The summed E-state index contributed by atoms with van der Waals surface area (Å²) in [5, 5.41) is 9.39. The number of aliphatic hydroxyl groups excluding tert-OH is 1. The molecule has 0 aromatic heterocycles. The Labute approximate surface area is 130 Å². The summed E-state index contributed by atoms with van der Waals surface area (Å²) in [6, 6.07) is 0.385. The smallest absolute Gasteiger partial charge is 0.226 e. The first-order valence-electron chi connectivity index (χ1n) is 9.19. The van der Waals surface area contributed by atoms with Gasteiger partial charge in [0.25, 0.3) is 0 Å². The normalized spacial score (nSPS) is 23.0. The Morgan fingerprint density at radius 3 is 2.14 bits per heavy atom. The summed E-state index contributed by atoms with van der Waals surface area (Å²) in [6.07, 6.45) is 13.4. The summed E-state index contributed by atoms with van der Waals surface area (Å²) < 4.78 is 0. The quantitative estimate of drug-likeness (QED) is 0.811. The van der Waals surface area contributed by atoms with Crippen molar-refractivity contribution in [2.24, 2.45) is 11.8 Å². The molecule has 0 heterocycles. The van der Waals surface area contributed by atoms with Crippen molar-refractivity contribution in [3.63, 3.8) is 0 Å². The van der Waals surface area contributed by atoms with Crippen molar-refractivity contribution in [3.8, 4) is 0 Å². The number of aliphatic hydroxyl groups is 1. The molecule has 1 N–H and O–H groups in total. The van der Waals surface area contributed by atoms with Gasteiger partial charge in [0, 0.05) is 18.5 Å². The van der Waals surface area contributed by atoms with E-state index in [9.17, 15) is 9.90 Å². The molecule has 3 heteroatoms. The van der Waals surface area contributed by atoms with Crippen LogP contribution in [0, 0.1) is 11.8 Å². The van der Waals surface area contributed by atoms with E-state index in [0.29, 0.717) is 24.4 Å². The summed E-state index contributed by atoms with van der Waals surface area (Å²) in [5.41, 5.74) is 0. The largest absolute Gasteiger partial charge is 0.395 e. The van der Waals surface area contributed by atoms with Crippen molar-refractivity contribution in [1.82, 2.24) is 4.90 Å². The SMILES string of the molecule is CCC(C(=O)N(CCO)C1CCCCC1)C1CCCCC1. The molecule has 1 unspecified atom stereocenters. The molecule has 122 valence electrons. The van der Waals surface area contributed by atoms with Crippen LogP contribution in [0.4, 0.5) is 0 Å². The van der Waals surface area contributed by atoms with Gasteiger partial charge in [-0.25, -0.2) is 0 Å². The second kappa shape index (κ2) is 8.77. The zero-order chi connectivity index (χ0) is 15.1. The van der Waals surface area contributed by atoms with Crippen molar-refractivity contribution in [2.45, 2.75) is 83.6 Å². The van der Waals surface area contributed by atoms with Crippen molar-refractivity contribution < 1.29 is 9.90 Å². The Morgan fingerprint density at radius 1 is 1.05 bits per heavy atom. The van der Waals surface area contributed by atoms with Gasteiger partial charge >= 0.3 is 0 Å². The number of amides is 1. The van der Waals surface area contributed by atoms with Gasteiger partial charge in [-0.1, -0.05) is 45.4 Å². The molecule has 21 heavy (non-hydrogen) atoms. The minimum atomic E-state index is 0.101. The second-order valence-electron chi connectivity index (χ2n) is 6.96. The predicted molar refractivity (Wildman–Crippen MR) is 86.0 cm³/mol. The summed E-state index contributed by atoms with van der Waals surface area (Å²) >= 11 is 0. The monoisotopic (exact) mass is 295 g/mol. The van der Waals surface area contributed by atoms with Crippen LogP contribution in [0.5, 0.6) is 0 Å². The Bertz CT molecular complexity index is 306. The van der Waals surface area contributed by atoms with Crippen molar-refractivity contribution in [2.75, 3.05) is 13.2 Å². The van der Waals surface area contributed by atoms with Crippen LogP contribution < -0.4 is 0 Å². The Kier molecular flexibility index (Phi) is 7.01. The molecule has 2 rings (SSSR count). The third-order valence-electron chi connectivity index (χ3n) is 5.62. The third-order valence-corrected chi connectivity index (χ3v) is 5.62. The van der Waals surface area contributed by atoms with E-state index in [2.05, 4.69) is 6.92 Å². The highest BCUT2D eigenvalue weighted by Gasteiger charge is 2.34. The van der Waals surface area contributed by atoms with Gasteiger partial charge in [0.15, 0.2) is 0 Å². The number of hydrogen-bond acceptors (Lipinski definition) is 2. The molecule has 1 atom stereocenters. The molecule has 3 nitrogen and oxygen atoms in total. The molecule has 0 saturated heterocycles. The molecule has 2 aliphatic rings. The molecule has 0 aromatic rings. The summed E-state index contributed by atoms with van der Waals surface area (Å²) in [7, 11) is 0. The Balaban J connectivity index is 2.03. The van der Waals surface area contributed by atoms with Crippen molar-refractivity contribution in [3.05, 3.63) is 0 Å². The molecule has 2 fully saturated rings. The molecular weight excluding hydrogens is 262 g/mol. The lowest BCUT2D eigenvalue weighted by Gasteiger charge is -2.38. The first-order valence-corrected chi connectivity index (χ1v) is 9.19. The number of rotatable bonds is 6. The lowest BCUT2D eigenvalue weighted by atomic mass is 9.77. The predicted octanol–water partition coefficient (Wildman–Crippen LogP) is 3.75. The average molecular weight is 295 g/mol. The van der Waals surface area contributed by atoms with Gasteiger partial charge in [0.05, 0.1) is 6.61 Å². The van der Waals surface area contributed by atoms with Crippen LogP contribution in [-0.2, 0) is 4.79 Å². The Hall–Kier alpha value is -0.570. The van der Waals surface area contributed by atoms with Crippen LogP contribution in [0.15, 0.2) is 0 Å². The summed E-state index contributed by atoms with van der Waals surface area (Å²) in [4.78, 5) is 15.1. The fourth-order valence-corrected chi connectivity index (χ4v) is 4.43. The van der Waals surface area contributed by atoms with E-state index in [-0.39, 0.29) is 12.5 Å². The van der Waals surface area contributed by atoms with E-state index in [1.54, 1.807) is 0 Å². The maximum absolute atomic E-state index is 13.1.